The third kappa shape index (κ3) is 5.54. The third-order valence-corrected chi connectivity index (χ3v) is 3.01. The summed E-state index contributed by atoms with van der Waals surface area (Å²) in [7, 11) is 1.94. The number of allylic oxidation sites excluding steroid dienone is 2. The molecule has 0 aliphatic heterocycles. The van der Waals surface area contributed by atoms with Crippen molar-refractivity contribution in [3.8, 4) is 0 Å². The fourth-order valence-corrected chi connectivity index (χ4v) is 2.17. The summed E-state index contributed by atoms with van der Waals surface area (Å²) < 4.78 is 5.31. The first-order chi connectivity index (χ1) is 8.42. The Morgan fingerprint density at radius 2 is 1.72 bits per heavy atom. The molecule has 18 heavy (non-hydrogen) atoms. The van der Waals surface area contributed by atoms with Crippen molar-refractivity contribution in [2.75, 3.05) is 7.05 Å². The first kappa shape index (κ1) is 15.0. The van der Waals surface area contributed by atoms with Crippen LogP contribution < -0.4 is 10.6 Å². The van der Waals surface area contributed by atoms with E-state index in [2.05, 4.69) is 22.8 Å². The van der Waals surface area contributed by atoms with Crippen molar-refractivity contribution < 1.29 is 9.53 Å². The van der Waals surface area contributed by atoms with Gasteiger partial charge in [0.15, 0.2) is 0 Å². The lowest BCUT2D eigenvalue weighted by molar-refractivity contribution is 0.0489. The Morgan fingerprint density at radius 3 is 2.22 bits per heavy atom. The van der Waals surface area contributed by atoms with Crippen molar-refractivity contribution in [3.63, 3.8) is 0 Å². The molecule has 0 spiro atoms. The van der Waals surface area contributed by atoms with Crippen LogP contribution in [0.4, 0.5) is 4.79 Å². The highest BCUT2D eigenvalue weighted by molar-refractivity contribution is 5.68. The summed E-state index contributed by atoms with van der Waals surface area (Å²) in [4.78, 5) is 11.8. The van der Waals surface area contributed by atoms with Crippen LogP contribution in [0.5, 0.6) is 0 Å². The molecular weight excluding hydrogens is 228 g/mol. The topological polar surface area (TPSA) is 50.4 Å². The molecule has 1 amide bonds. The van der Waals surface area contributed by atoms with Gasteiger partial charge in [-0.3, -0.25) is 0 Å². The quantitative estimate of drug-likeness (QED) is 0.745. The van der Waals surface area contributed by atoms with Gasteiger partial charge in [0, 0.05) is 12.1 Å². The predicted molar refractivity (Wildman–Crippen MR) is 73.6 cm³/mol. The van der Waals surface area contributed by atoms with Crippen LogP contribution in [0, 0.1) is 0 Å². The monoisotopic (exact) mass is 254 g/mol. The van der Waals surface area contributed by atoms with Gasteiger partial charge in [-0.1, -0.05) is 12.2 Å². The Hall–Kier alpha value is -1.03. The summed E-state index contributed by atoms with van der Waals surface area (Å²) in [5, 5.41) is 6.27. The summed E-state index contributed by atoms with van der Waals surface area (Å²) in [5.74, 6) is 0. The second-order valence-electron chi connectivity index (χ2n) is 5.77. The zero-order chi connectivity index (χ0) is 13.6. The number of carbonyl (C=O) groups excluding carboxylic acids is 1. The van der Waals surface area contributed by atoms with E-state index in [1.54, 1.807) is 0 Å². The smallest absolute Gasteiger partial charge is 0.407 e. The van der Waals surface area contributed by atoms with Gasteiger partial charge < -0.3 is 15.4 Å². The SMILES string of the molecule is CN[C@@H]1CC/C=C/CC[C@H]1NC(=O)OC(C)(C)C. The number of alkyl carbamates (subject to hydrolysis) is 1. The lowest BCUT2D eigenvalue weighted by Gasteiger charge is -2.29. The van der Waals surface area contributed by atoms with Crippen LogP contribution in [0.15, 0.2) is 12.2 Å². The molecule has 1 aliphatic rings. The van der Waals surface area contributed by atoms with E-state index in [4.69, 9.17) is 4.74 Å². The van der Waals surface area contributed by atoms with E-state index < -0.39 is 5.60 Å². The summed E-state index contributed by atoms with van der Waals surface area (Å²) in [5.41, 5.74) is -0.444. The minimum Gasteiger partial charge on any atom is -0.444 e. The molecule has 0 saturated carbocycles. The van der Waals surface area contributed by atoms with Gasteiger partial charge in [-0.05, 0) is 53.5 Å². The standard InChI is InChI=1S/C14H26N2O2/c1-14(2,3)18-13(17)16-12-10-8-6-5-7-9-11(12)15-4/h5-6,11-12,15H,7-10H2,1-4H3,(H,16,17)/b6-5+/t11-,12-/m1/s1. The molecule has 0 aromatic rings. The van der Waals surface area contributed by atoms with E-state index in [0.29, 0.717) is 6.04 Å². The zero-order valence-electron chi connectivity index (χ0n) is 12.0. The van der Waals surface area contributed by atoms with Crippen molar-refractivity contribution in [1.82, 2.24) is 10.6 Å². The van der Waals surface area contributed by atoms with Crippen molar-refractivity contribution in [2.45, 2.75) is 64.1 Å². The van der Waals surface area contributed by atoms with Crippen LogP contribution in [-0.4, -0.2) is 30.8 Å². The van der Waals surface area contributed by atoms with Crippen LogP contribution in [0.3, 0.4) is 0 Å². The van der Waals surface area contributed by atoms with Gasteiger partial charge in [-0.25, -0.2) is 4.79 Å². The third-order valence-electron chi connectivity index (χ3n) is 3.01. The van der Waals surface area contributed by atoms with Gasteiger partial charge in [0.25, 0.3) is 0 Å². The van der Waals surface area contributed by atoms with Crippen LogP contribution in [0.2, 0.25) is 0 Å². The molecule has 0 aromatic carbocycles. The molecule has 2 N–H and O–H groups in total. The number of ether oxygens (including phenoxy) is 1. The van der Waals surface area contributed by atoms with Gasteiger partial charge in [0.05, 0.1) is 0 Å². The number of nitrogens with one attached hydrogen (secondary N) is 2. The molecule has 0 aromatic heterocycles. The molecule has 1 rings (SSSR count). The average Bonchev–Trinajstić information content (AvgIpc) is 2.20. The first-order valence-electron chi connectivity index (χ1n) is 6.74. The Morgan fingerprint density at radius 1 is 1.17 bits per heavy atom. The first-order valence-corrected chi connectivity index (χ1v) is 6.74. The Balaban J connectivity index is 2.55. The minimum atomic E-state index is -0.444. The second-order valence-corrected chi connectivity index (χ2v) is 5.77. The molecule has 0 heterocycles. The predicted octanol–water partition coefficient (Wildman–Crippen LogP) is 2.60. The molecule has 4 nitrogen and oxygen atoms in total. The van der Waals surface area contributed by atoms with Gasteiger partial charge in [0.1, 0.15) is 5.60 Å². The van der Waals surface area contributed by atoms with E-state index in [-0.39, 0.29) is 12.1 Å². The molecule has 4 heteroatoms. The van der Waals surface area contributed by atoms with Crippen LogP contribution in [0.1, 0.15) is 46.5 Å². The molecule has 0 bridgehead atoms. The van der Waals surface area contributed by atoms with E-state index in [1.165, 1.54) is 0 Å². The summed E-state index contributed by atoms with van der Waals surface area (Å²) >= 11 is 0. The zero-order valence-corrected chi connectivity index (χ0v) is 12.0. The molecular formula is C14H26N2O2. The average molecular weight is 254 g/mol. The highest BCUT2D eigenvalue weighted by Crippen LogP contribution is 2.14. The summed E-state index contributed by atoms with van der Waals surface area (Å²) in [6.07, 6.45) is 8.12. The summed E-state index contributed by atoms with van der Waals surface area (Å²) in [6, 6.07) is 0.442. The maximum atomic E-state index is 11.8. The molecule has 0 saturated heterocycles. The maximum Gasteiger partial charge on any atom is 0.407 e. The van der Waals surface area contributed by atoms with Crippen molar-refractivity contribution in [3.05, 3.63) is 12.2 Å². The van der Waals surface area contributed by atoms with Gasteiger partial charge in [0.2, 0.25) is 0 Å². The fraction of sp³-hybridized carbons (Fsp3) is 0.786. The Kier molecular flexibility index (Phi) is 5.66. The highest BCUT2D eigenvalue weighted by atomic mass is 16.6. The molecule has 0 unspecified atom stereocenters. The molecule has 104 valence electrons. The van der Waals surface area contributed by atoms with Crippen molar-refractivity contribution in [1.29, 1.82) is 0 Å². The maximum absolute atomic E-state index is 11.8. The van der Waals surface area contributed by atoms with E-state index >= 15 is 0 Å². The lowest BCUT2D eigenvalue weighted by atomic mass is 9.96. The highest BCUT2D eigenvalue weighted by Gasteiger charge is 2.24. The van der Waals surface area contributed by atoms with Gasteiger partial charge >= 0.3 is 6.09 Å². The second kappa shape index (κ2) is 6.78. The molecule has 1 aliphatic carbocycles. The number of carbonyl (C=O) groups is 1. The van der Waals surface area contributed by atoms with Crippen LogP contribution in [0.25, 0.3) is 0 Å². The minimum absolute atomic E-state index is 0.134. The van der Waals surface area contributed by atoms with E-state index in [1.807, 2.05) is 27.8 Å². The number of hydrogen-bond acceptors (Lipinski definition) is 3. The van der Waals surface area contributed by atoms with E-state index in [0.717, 1.165) is 25.7 Å². The van der Waals surface area contributed by atoms with E-state index in [9.17, 15) is 4.79 Å². The molecule has 2 atom stereocenters. The summed E-state index contributed by atoms with van der Waals surface area (Å²) in [6.45, 7) is 5.63. The Bertz CT molecular complexity index is 295. The fourth-order valence-electron chi connectivity index (χ4n) is 2.17. The molecule has 0 radical (unpaired) electrons. The Labute approximate surface area is 110 Å². The lowest BCUT2D eigenvalue weighted by Crippen LogP contribution is -2.50. The number of amides is 1. The van der Waals surface area contributed by atoms with Crippen molar-refractivity contribution in [2.24, 2.45) is 0 Å². The van der Waals surface area contributed by atoms with Crippen LogP contribution >= 0.6 is 0 Å². The molecule has 0 fully saturated rings. The van der Waals surface area contributed by atoms with Crippen LogP contribution in [-0.2, 0) is 4.74 Å². The number of hydrogen-bond donors (Lipinski definition) is 2. The largest absolute Gasteiger partial charge is 0.444 e. The van der Waals surface area contributed by atoms with Gasteiger partial charge in [-0.2, -0.15) is 0 Å². The number of rotatable bonds is 2. The van der Waals surface area contributed by atoms with Crippen molar-refractivity contribution >= 4 is 6.09 Å². The van der Waals surface area contributed by atoms with Gasteiger partial charge in [-0.15, -0.1) is 0 Å². The number of likely N-dealkylation sites (N-methyl/N-ethyl adjacent to an activating group) is 1. The normalized spacial score (nSPS) is 26.9.